The summed E-state index contributed by atoms with van der Waals surface area (Å²) in [4.78, 5) is 28.1. The number of ether oxygens (including phenoxy) is 2. The number of nitrogens with one attached hydrogen (secondary N) is 1. The molecular weight excluding hydrogens is 471 g/mol. The number of benzene rings is 3. The summed E-state index contributed by atoms with van der Waals surface area (Å²) in [6.07, 6.45) is 1.86. The van der Waals surface area contributed by atoms with E-state index in [1.807, 2.05) is 60.7 Å². The summed E-state index contributed by atoms with van der Waals surface area (Å²) in [5, 5.41) is 3.00. The molecule has 3 aromatic carbocycles. The van der Waals surface area contributed by atoms with E-state index < -0.39 is 17.8 Å². The monoisotopic (exact) mass is 500 g/mol. The molecule has 0 aliphatic carbocycles. The Labute approximate surface area is 215 Å². The average Bonchev–Trinajstić information content (AvgIpc) is 3.24. The van der Waals surface area contributed by atoms with E-state index in [2.05, 4.69) is 5.32 Å². The molecule has 6 nitrogen and oxygen atoms in total. The van der Waals surface area contributed by atoms with Crippen molar-refractivity contribution in [3.8, 4) is 5.75 Å². The van der Waals surface area contributed by atoms with Crippen LogP contribution >= 0.6 is 0 Å². The van der Waals surface area contributed by atoms with Gasteiger partial charge in [-0.05, 0) is 48.1 Å². The summed E-state index contributed by atoms with van der Waals surface area (Å²) < 4.78 is 25.5. The second-order valence-corrected chi connectivity index (χ2v) is 9.30. The Morgan fingerprint density at radius 1 is 0.973 bits per heavy atom. The van der Waals surface area contributed by atoms with E-state index in [1.54, 1.807) is 11.0 Å². The molecule has 2 atom stereocenters. The number of halogens is 1. The fourth-order valence-electron chi connectivity index (χ4n) is 5.31. The number of urea groups is 1. The summed E-state index contributed by atoms with van der Waals surface area (Å²) in [6, 6.07) is 23.0. The number of rotatable bonds is 7. The largest absolute Gasteiger partial charge is 0.488 e. The van der Waals surface area contributed by atoms with Crippen molar-refractivity contribution < 1.29 is 23.5 Å². The van der Waals surface area contributed by atoms with Crippen molar-refractivity contribution in [1.82, 2.24) is 10.2 Å². The minimum Gasteiger partial charge on any atom is -0.488 e. The quantitative estimate of drug-likeness (QED) is 0.437. The minimum atomic E-state index is -0.487. The molecule has 3 aromatic rings. The van der Waals surface area contributed by atoms with Gasteiger partial charge in [-0.2, -0.15) is 0 Å². The Balaban J connectivity index is 1.45. The number of carbonyl (C=O) groups is 2. The fraction of sp³-hybridized carbons (Fsp3) is 0.267. The predicted octanol–water partition coefficient (Wildman–Crippen LogP) is 5.48. The highest BCUT2D eigenvalue weighted by Gasteiger charge is 2.47. The van der Waals surface area contributed by atoms with Crippen molar-refractivity contribution in [3.63, 3.8) is 0 Å². The van der Waals surface area contributed by atoms with Crippen LogP contribution in [0.15, 0.2) is 84.4 Å². The summed E-state index contributed by atoms with van der Waals surface area (Å²) in [7, 11) is 1.34. The van der Waals surface area contributed by atoms with Crippen molar-refractivity contribution in [2.24, 2.45) is 0 Å². The maximum absolute atomic E-state index is 14.3. The molecule has 2 aliphatic rings. The highest BCUT2D eigenvalue weighted by Crippen LogP contribution is 2.45. The standard InChI is InChI=1S/C30H29FN2O4/c1-36-29(34)28-25(24-14-12-22(31)16-27(24)37-19-21-10-6-3-7-11-21)17-23-13-15-26(28)33(23)30(35)32-18-20-8-4-2-5-9-20/h2-12,14,16,23,26H,13,15,17-19H2,1H3,(H,32,35)/t23-,26+/m0/s1. The van der Waals surface area contributed by atoms with Gasteiger partial charge in [-0.15, -0.1) is 0 Å². The number of carbonyl (C=O) groups excluding carboxylic acids is 2. The molecule has 5 rings (SSSR count). The predicted molar refractivity (Wildman–Crippen MR) is 138 cm³/mol. The average molecular weight is 501 g/mol. The normalized spacial score (nSPS) is 18.5. The van der Waals surface area contributed by atoms with E-state index in [4.69, 9.17) is 9.47 Å². The van der Waals surface area contributed by atoms with Crippen LogP contribution in [0.5, 0.6) is 5.75 Å². The zero-order valence-electron chi connectivity index (χ0n) is 20.7. The van der Waals surface area contributed by atoms with Crippen LogP contribution in [0.4, 0.5) is 9.18 Å². The molecule has 1 fully saturated rings. The number of hydrogen-bond donors (Lipinski definition) is 1. The molecule has 0 aromatic heterocycles. The molecule has 0 saturated carbocycles. The van der Waals surface area contributed by atoms with Crippen molar-refractivity contribution in [2.45, 2.75) is 44.5 Å². The number of methoxy groups -OCH3 is 1. The Kier molecular flexibility index (Phi) is 7.21. The second kappa shape index (κ2) is 10.9. The van der Waals surface area contributed by atoms with Crippen molar-refractivity contribution in [2.75, 3.05) is 7.11 Å². The molecule has 0 radical (unpaired) electrons. The van der Waals surface area contributed by atoms with Gasteiger partial charge in [0, 0.05) is 24.2 Å². The van der Waals surface area contributed by atoms with Gasteiger partial charge in [0.2, 0.25) is 0 Å². The van der Waals surface area contributed by atoms with Gasteiger partial charge in [-0.3, -0.25) is 0 Å². The third-order valence-electron chi connectivity index (χ3n) is 7.03. The van der Waals surface area contributed by atoms with Crippen molar-refractivity contribution >= 4 is 17.6 Å². The van der Waals surface area contributed by atoms with E-state index in [-0.39, 0.29) is 18.7 Å². The zero-order valence-corrected chi connectivity index (χ0v) is 20.7. The van der Waals surface area contributed by atoms with Crippen LogP contribution in [-0.2, 0) is 22.7 Å². The minimum absolute atomic E-state index is 0.0868. The highest BCUT2D eigenvalue weighted by molar-refractivity contribution is 6.01. The summed E-state index contributed by atoms with van der Waals surface area (Å²) >= 11 is 0. The molecule has 190 valence electrons. The fourth-order valence-corrected chi connectivity index (χ4v) is 5.31. The first-order valence-corrected chi connectivity index (χ1v) is 12.4. The Morgan fingerprint density at radius 2 is 1.68 bits per heavy atom. The SMILES string of the molecule is COC(=O)C1=C(c2ccc(F)cc2OCc2ccccc2)C[C@@H]2CC[C@H]1N2C(=O)NCc1ccccc1. The van der Waals surface area contributed by atoms with Gasteiger partial charge >= 0.3 is 12.0 Å². The number of esters is 1. The number of amides is 2. The van der Waals surface area contributed by atoms with E-state index >= 15 is 0 Å². The van der Waals surface area contributed by atoms with Gasteiger partial charge in [0.25, 0.3) is 0 Å². The smallest absolute Gasteiger partial charge is 0.336 e. The number of nitrogens with zero attached hydrogens (tertiary/aromatic N) is 1. The molecule has 0 unspecified atom stereocenters. The Bertz CT molecular complexity index is 1310. The summed E-state index contributed by atoms with van der Waals surface area (Å²) in [5.41, 5.74) is 3.77. The first-order chi connectivity index (χ1) is 18.0. The van der Waals surface area contributed by atoms with Crippen LogP contribution in [0.25, 0.3) is 5.57 Å². The van der Waals surface area contributed by atoms with Crippen LogP contribution in [0.1, 0.15) is 36.0 Å². The summed E-state index contributed by atoms with van der Waals surface area (Å²) in [6.45, 7) is 0.661. The molecule has 1 saturated heterocycles. The van der Waals surface area contributed by atoms with Crippen LogP contribution in [-0.4, -0.2) is 36.1 Å². The molecule has 2 aliphatic heterocycles. The highest BCUT2D eigenvalue weighted by atomic mass is 19.1. The lowest BCUT2D eigenvalue weighted by molar-refractivity contribution is -0.136. The molecular formula is C30H29FN2O4. The Morgan fingerprint density at radius 3 is 2.38 bits per heavy atom. The van der Waals surface area contributed by atoms with E-state index in [0.29, 0.717) is 36.3 Å². The topological polar surface area (TPSA) is 67.9 Å². The third kappa shape index (κ3) is 5.21. The molecule has 7 heteroatoms. The van der Waals surface area contributed by atoms with Crippen LogP contribution < -0.4 is 10.1 Å². The number of fused-ring (bicyclic) bond motifs is 2. The van der Waals surface area contributed by atoms with Crippen molar-refractivity contribution in [3.05, 3.63) is 107 Å². The Hall–Kier alpha value is -4.13. The lowest BCUT2D eigenvalue weighted by Gasteiger charge is -2.37. The first kappa shape index (κ1) is 24.6. The van der Waals surface area contributed by atoms with E-state index in [1.165, 1.54) is 19.2 Å². The van der Waals surface area contributed by atoms with Crippen molar-refractivity contribution in [1.29, 1.82) is 0 Å². The molecule has 0 spiro atoms. The van der Waals surface area contributed by atoms with Crippen LogP contribution in [0.2, 0.25) is 0 Å². The van der Waals surface area contributed by atoms with Gasteiger partial charge < -0.3 is 19.7 Å². The zero-order chi connectivity index (χ0) is 25.8. The molecule has 2 bridgehead atoms. The van der Waals surface area contributed by atoms with Gasteiger partial charge in [0.05, 0.1) is 18.7 Å². The van der Waals surface area contributed by atoms with Crippen LogP contribution in [0.3, 0.4) is 0 Å². The lowest BCUT2D eigenvalue weighted by Crippen LogP contribution is -2.50. The van der Waals surface area contributed by atoms with E-state index in [9.17, 15) is 14.0 Å². The third-order valence-corrected chi connectivity index (χ3v) is 7.03. The molecule has 2 amide bonds. The van der Waals surface area contributed by atoms with Gasteiger partial charge in [0.15, 0.2) is 0 Å². The van der Waals surface area contributed by atoms with E-state index in [0.717, 1.165) is 23.1 Å². The molecule has 1 N–H and O–H groups in total. The maximum Gasteiger partial charge on any atom is 0.336 e. The van der Waals surface area contributed by atoms with Gasteiger partial charge in [0.1, 0.15) is 18.2 Å². The number of hydrogen-bond acceptors (Lipinski definition) is 4. The molecule has 37 heavy (non-hydrogen) atoms. The maximum atomic E-state index is 14.3. The molecule has 2 heterocycles. The van der Waals surface area contributed by atoms with Gasteiger partial charge in [-0.25, -0.2) is 14.0 Å². The summed E-state index contributed by atoms with van der Waals surface area (Å²) in [5.74, 6) is -0.547. The lowest BCUT2D eigenvalue weighted by atomic mass is 9.88. The first-order valence-electron chi connectivity index (χ1n) is 12.4. The van der Waals surface area contributed by atoms with Crippen LogP contribution in [0, 0.1) is 5.82 Å². The second-order valence-electron chi connectivity index (χ2n) is 9.30. The van der Waals surface area contributed by atoms with Gasteiger partial charge in [-0.1, -0.05) is 60.7 Å².